The molecule has 0 atom stereocenters. The van der Waals surface area contributed by atoms with Gasteiger partial charge in [-0.2, -0.15) is 5.12 Å². The molecule has 2 aromatic carbocycles. The molecule has 0 aliphatic carbocycles. The average Bonchev–Trinajstić information content (AvgIpc) is 2.42. The Kier molecular flexibility index (Phi) is 3.92. The number of hydrazine groups is 2. The summed E-state index contributed by atoms with van der Waals surface area (Å²) in [5.41, 5.74) is 5.65. The van der Waals surface area contributed by atoms with Crippen molar-refractivity contribution in [3.05, 3.63) is 60.2 Å². The van der Waals surface area contributed by atoms with Crippen molar-refractivity contribution in [2.45, 2.75) is 0 Å². The van der Waals surface area contributed by atoms with Crippen LogP contribution < -0.4 is 16.0 Å². The third-order valence-corrected chi connectivity index (χ3v) is 2.36. The molecule has 0 fully saturated rings. The summed E-state index contributed by atoms with van der Waals surface area (Å²) in [6.45, 7) is 0. The zero-order valence-electron chi connectivity index (χ0n) is 9.81. The number of hydrogen-bond donors (Lipinski definition) is 2. The quantitative estimate of drug-likeness (QED) is 0.643. The molecule has 0 heterocycles. The molecular formula is C13H11F2N3O. The van der Waals surface area contributed by atoms with Gasteiger partial charge in [0.05, 0.1) is 11.4 Å². The van der Waals surface area contributed by atoms with E-state index >= 15 is 0 Å². The monoisotopic (exact) mass is 263 g/mol. The lowest BCUT2D eigenvalue weighted by Crippen LogP contribution is -2.42. The SMILES string of the molecule is O=CNN(Nc1ccc(F)cc1F)c1ccccc1. The number of hydrogen-bond acceptors (Lipinski definition) is 3. The Balaban J connectivity index is 2.24. The highest BCUT2D eigenvalue weighted by Crippen LogP contribution is 2.18. The van der Waals surface area contributed by atoms with E-state index in [0.717, 1.165) is 12.1 Å². The summed E-state index contributed by atoms with van der Waals surface area (Å²) in [5, 5.41) is 1.23. The molecule has 0 aliphatic heterocycles. The lowest BCUT2D eigenvalue weighted by Gasteiger charge is -2.24. The van der Waals surface area contributed by atoms with Crippen LogP contribution in [0.5, 0.6) is 0 Å². The van der Waals surface area contributed by atoms with Gasteiger partial charge in [0.1, 0.15) is 5.82 Å². The fraction of sp³-hybridized carbons (Fsp3) is 0. The Morgan fingerprint density at radius 2 is 1.79 bits per heavy atom. The van der Waals surface area contributed by atoms with E-state index in [2.05, 4.69) is 10.9 Å². The highest BCUT2D eigenvalue weighted by Gasteiger charge is 2.09. The number of anilines is 2. The third-order valence-electron chi connectivity index (χ3n) is 2.36. The number of carbonyl (C=O) groups is 1. The molecule has 1 amide bonds. The molecule has 2 aromatic rings. The van der Waals surface area contributed by atoms with Crippen LogP contribution in [0.4, 0.5) is 20.2 Å². The second-order valence-corrected chi connectivity index (χ2v) is 3.65. The van der Waals surface area contributed by atoms with E-state index in [0.29, 0.717) is 12.1 Å². The van der Waals surface area contributed by atoms with Crippen molar-refractivity contribution in [2.24, 2.45) is 0 Å². The molecule has 0 unspecified atom stereocenters. The van der Waals surface area contributed by atoms with Crippen LogP contribution >= 0.6 is 0 Å². The third kappa shape index (κ3) is 3.19. The van der Waals surface area contributed by atoms with Crippen LogP contribution in [-0.2, 0) is 4.79 Å². The smallest absolute Gasteiger partial charge is 0.227 e. The minimum Gasteiger partial charge on any atom is -0.277 e. The van der Waals surface area contributed by atoms with Crippen LogP contribution in [0.2, 0.25) is 0 Å². The van der Waals surface area contributed by atoms with Gasteiger partial charge in [0.25, 0.3) is 0 Å². The second kappa shape index (κ2) is 5.81. The average molecular weight is 263 g/mol. The van der Waals surface area contributed by atoms with Gasteiger partial charge in [-0.25, -0.2) is 8.78 Å². The molecule has 0 bridgehead atoms. The summed E-state index contributed by atoms with van der Waals surface area (Å²) >= 11 is 0. The van der Waals surface area contributed by atoms with Crippen molar-refractivity contribution in [3.63, 3.8) is 0 Å². The summed E-state index contributed by atoms with van der Waals surface area (Å²) < 4.78 is 26.3. The first-order valence-electron chi connectivity index (χ1n) is 5.47. The predicted molar refractivity (Wildman–Crippen MR) is 68.1 cm³/mol. The largest absolute Gasteiger partial charge is 0.277 e. The van der Waals surface area contributed by atoms with Crippen molar-refractivity contribution in [3.8, 4) is 0 Å². The fourth-order valence-electron chi connectivity index (χ4n) is 1.50. The molecule has 0 saturated heterocycles. The number of rotatable bonds is 5. The van der Waals surface area contributed by atoms with E-state index in [1.165, 1.54) is 11.2 Å². The Hall–Kier alpha value is -2.63. The van der Waals surface area contributed by atoms with Gasteiger partial charge in [0.15, 0.2) is 5.82 Å². The molecule has 6 heteroatoms. The molecule has 0 saturated carbocycles. The van der Waals surface area contributed by atoms with Gasteiger partial charge in [-0.15, -0.1) is 0 Å². The number of nitrogens with one attached hydrogen (secondary N) is 2. The Morgan fingerprint density at radius 3 is 2.42 bits per heavy atom. The topological polar surface area (TPSA) is 44.4 Å². The minimum absolute atomic E-state index is 0.0413. The van der Waals surface area contributed by atoms with E-state index in [1.54, 1.807) is 30.3 Å². The van der Waals surface area contributed by atoms with Gasteiger partial charge >= 0.3 is 0 Å². The van der Waals surface area contributed by atoms with E-state index in [4.69, 9.17) is 0 Å². The Bertz CT molecular complexity index is 563. The molecule has 2 N–H and O–H groups in total. The number of para-hydroxylation sites is 1. The van der Waals surface area contributed by atoms with Gasteiger partial charge in [-0.3, -0.25) is 15.6 Å². The number of halogens is 2. The summed E-state index contributed by atoms with van der Waals surface area (Å²) in [5.74, 6) is -1.42. The zero-order valence-corrected chi connectivity index (χ0v) is 9.81. The molecule has 0 spiro atoms. The number of amides is 1. The Morgan fingerprint density at radius 1 is 1.05 bits per heavy atom. The fourth-order valence-corrected chi connectivity index (χ4v) is 1.50. The van der Waals surface area contributed by atoms with Gasteiger partial charge in [0, 0.05) is 6.07 Å². The van der Waals surface area contributed by atoms with Crippen LogP contribution in [0.3, 0.4) is 0 Å². The van der Waals surface area contributed by atoms with Crippen LogP contribution in [0.15, 0.2) is 48.5 Å². The highest BCUT2D eigenvalue weighted by molar-refractivity contribution is 5.60. The van der Waals surface area contributed by atoms with Crippen LogP contribution in [0.25, 0.3) is 0 Å². The van der Waals surface area contributed by atoms with Crippen LogP contribution in [0.1, 0.15) is 0 Å². The van der Waals surface area contributed by atoms with Crippen molar-refractivity contribution >= 4 is 17.8 Å². The molecule has 0 aromatic heterocycles. The van der Waals surface area contributed by atoms with Crippen LogP contribution in [0, 0.1) is 11.6 Å². The standard InChI is InChI=1S/C13H11F2N3O/c14-10-6-7-13(12(15)8-10)17-18(16-9-19)11-4-2-1-3-5-11/h1-9,17H,(H,16,19). The van der Waals surface area contributed by atoms with Crippen molar-refractivity contribution < 1.29 is 13.6 Å². The Labute approximate surface area is 108 Å². The van der Waals surface area contributed by atoms with Crippen molar-refractivity contribution in [1.29, 1.82) is 0 Å². The van der Waals surface area contributed by atoms with Crippen LogP contribution in [-0.4, -0.2) is 6.41 Å². The van der Waals surface area contributed by atoms with E-state index in [1.807, 2.05) is 0 Å². The van der Waals surface area contributed by atoms with Gasteiger partial charge in [-0.05, 0) is 24.3 Å². The maximum atomic E-state index is 13.5. The maximum Gasteiger partial charge on any atom is 0.227 e. The number of carbonyl (C=O) groups excluding carboxylic acids is 1. The van der Waals surface area contributed by atoms with Crippen molar-refractivity contribution in [1.82, 2.24) is 5.43 Å². The van der Waals surface area contributed by atoms with Gasteiger partial charge in [-0.1, -0.05) is 18.2 Å². The molecule has 19 heavy (non-hydrogen) atoms. The molecule has 4 nitrogen and oxygen atoms in total. The summed E-state index contributed by atoms with van der Waals surface area (Å²) in [7, 11) is 0. The molecule has 98 valence electrons. The van der Waals surface area contributed by atoms with E-state index in [-0.39, 0.29) is 5.69 Å². The van der Waals surface area contributed by atoms with Crippen molar-refractivity contribution in [2.75, 3.05) is 10.5 Å². The molecule has 2 rings (SSSR count). The first-order valence-corrected chi connectivity index (χ1v) is 5.47. The summed E-state index contributed by atoms with van der Waals surface area (Å²) in [6, 6.07) is 11.9. The van der Waals surface area contributed by atoms with Gasteiger partial charge < -0.3 is 0 Å². The lowest BCUT2D eigenvalue weighted by atomic mass is 10.3. The summed E-state index contributed by atoms with van der Waals surface area (Å²) in [6.07, 6.45) is 0.446. The first kappa shape index (κ1) is 12.8. The highest BCUT2D eigenvalue weighted by atomic mass is 19.1. The minimum atomic E-state index is -0.756. The molecular weight excluding hydrogens is 252 g/mol. The van der Waals surface area contributed by atoms with E-state index < -0.39 is 11.6 Å². The first-order chi connectivity index (χ1) is 9.20. The number of benzene rings is 2. The second-order valence-electron chi connectivity index (χ2n) is 3.65. The number of nitrogens with zero attached hydrogens (tertiary/aromatic N) is 1. The van der Waals surface area contributed by atoms with E-state index in [9.17, 15) is 13.6 Å². The molecule has 0 radical (unpaired) electrons. The lowest BCUT2D eigenvalue weighted by molar-refractivity contribution is -0.109. The normalized spacial score (nSPS) is 9.79. The van der Waals surface area contributed by atoms with Gasteiger partial charge in [0.2, 0.25) is 6.41 Å². The predicted octanol–water partition coefficient (Wildman–Crippen LogP) is 2.46. The maximum absolute atomic E-state index is 13.5. The summed E-state index contributed by atoms with van der Waals surface area (Å²) in [4.78, 5) is 10.6. The molecule has 0 aliphatic rings. The zero-order chi connectivity index (χ0) is 13.7.